The highest BCUT2D eigenvalue weighted by Gasteiger charge is 2.27. The van der Waals surface area contributed by atoms with Crippen molar-refractivity contribution < 1.29 is 0 Å². The summed E-state index contributed by atoms with van der Waals surface area (Å²) < 4.78 is 1.74. The van der Waals surface area contributed by atoms with Crippen molar-refractivity contribution in [1.29, 1.82) is 0 Å². The quantitative estimate of drug-likeness (QED) is 0.682. The van der Waals surface area contributed by atoms with Gasteiger partial charge in [0.1, 0.15) is 22.3 Å². The molecule has 0 aliphatic heterocycles. The van der Waals surface area contributed by atoms with E-state index in [1.165, 1.54) is 11.8 Å². The monoisotopic (exact) mass is 329 g/mol. The van der Waals surface area contributed by atoms with Crippen LogP contribution in [0, 0.1) is 0 Å². The van der Waals surface area contributed by atoms with Crippen LogP contribution in [0.5, 0.6) is 0 Å². The maximum absolute atomic E-state index is 6.08. The van der Waals surface area contributed by atoms with Crippen LogP contribution in [0.1, 0.15) is 24.6 Å². The Morgan fingerprint density at radius 3 is 2.73 bits per heavy atom. The van der Waals surface area contributed by atoms with E-state index < -0.39 is 0 Å². The number of rotatable bonds is 4. The summed E-state index contributed by atoms with van der Waals surface area (Å²) in [4.78, 5) is 13.2. The van der Waals surface area contributed by atoms with Gasteiger partial charge in [-0.15, -0.1) is 5.10 Å². The van der Waals surface area contributed by atoms with Gasteiger partial charge in [0.15, 0.2) is 0 Å². The van der Waals surface area contributed by atoms with Gasteiger partial charge < -0.3 is 0 Å². The molecule has 0 unspecified atom stereocenters. The lowest BCUT2D eigenvalue weighted by Crippen LogP contribution is -1.95. The minimum Gasteiger partial charge on any atom is -0.226 e. The Balaban J connectivity index is 1.58. The van der Waals surface area contributed by atoms with Crippen LogP contribution < -0.4 is 0 Å². The number of hydrogen-bond acceptors (Lipinski definition) is 5. The van der Waals surface area contributed by atoms with Crippen LogP contribution in [-0.4, -0.2) is 24.7 Å². The van der Waals surface area contributed by atoms with E-state index in [1.54, 1.807) is 17.1 Å². The predicted molar refractivity (Wildman–Crippen MR) is 84.5 cm³/mol. The van der Waals surface area contributed by atoms with E-state index in [9.17, 15) is 0 Å². The Morgan fingerprint density at radius 2 is 1.95 bits per heavy atom. The Kier molecular flexibility index (Phi) is 3.56. The Bertz CT molecular complexity index is 801. The van der Waals surface area contributed by atoms with Crippen molar-refractivity contribution in [3.05, 3.63) is 53.7 Å². The summed E-state index contributed by atoms with van der Waals surface area (Å²) in [6.45, 7) is 0. The highest BCUT2D eigenvalue weighted by molar-refractivity contribution is 7.99. The average molecular weight is 330 g/mol. The molecule has 110 valence electrons. The zero-order valence-electron chi connectivity index (χ0n) is 11.6. The Morgan fingerprint density at radius 1 is 1.14 bits per heavy atom. The van der Waals surface area contributed by atoms with E-state index in [4.69, 9.17) is 11.6 Å². The SMILES string of the molecule is Clc1cc(Sc2ncn(-c3ccccc3)n2)nc(C2CC2)n1. The van der Waals surface area contributed by atoms with Crippen LogP contribution >= 0.6 is 23.4 Å². The molecule has 0 radical (unpaired) electrons. The predicted octanol–water partition coefficient (Wildman–Crippen LogP) is 3.74. The van der Waals surface area contributed by atoms with Gasteiger partial charge in [-0.05, 0) is 36.7 Å². The summed E-state index contributed by atoms with van der Waals surface area (Å²) in [7, 11) is 0. The number of benzene rings is 1. The summed E-state index contributed by atoms with van der Waals surface area (Å²) in [5.41, 5.74) is 0.973. The molecule has 1 fully saturated rings. The van der Waals surface area contributed by atoms with Crippen molar-refractivity contribution >= 4 is 23.4 Å². The highest BCUT2D eigenvalue weighted by Crippen LogP contribution is 2.39. The molecule has 0 bridgehead atoms. The third kappa shape index (κ3) is 2.98. The van der Waals surface area contributed by atoms with Gasteiger partial charge in [-0.25, -0.2) is 19.6 Å². The van der Waals surface area contributed by atoms with Gasteiger partial charge in [0.2, 0.25) is 5.16 Å². The first-order valence-corrected chi connectivity index (χ1v) is 8.17. The molecule has 0 saturated heterocycles. The maximum Gasteiger partial charge on any atom is 0.215 e. The van der Waals surface area contributed by atoms with Gasteiger partial charge in [0.05, 0.1) is 5.69 Å². The minimum atomic E-state index is 0.466. The van der Waals surface area contributed by atoms with E-state index in [-0.39, 0.29) is 0 Å². The van der Waals surface area contributed by atoms with Crippen molar-refractivity contribution in [2.24, 2.45) is 0 Å². The molecule has 2 aromatic heterocycles. The molecule has 7 heteroatoms. The van der Waals surface area contributed by atoms with E-state index in [1.807, 2.05) is 30.3 Å². The summed E-state index contributed by atoms with van der Waals surface area (Å²) in [5, 5.41) is 6.36. The van der Waals surface area contributed by atoms with Gasteiger partial charge in [-0.1, -0.05) is 29.8 Å². The van der Waals surface area contributed by atoms with Crippen molar-refractivity contribution in [2.45, 2.75) is 28.9 Å². The molecule has 1 saturated carbocycles. The second-order valence-electron chi connectivity index (χ2n) is 5.07. The summed E-state index contributed by atoms with van der Waals surface area (Å²) in [5.74, 6) is 1.30. The summed E-state index contributed by atoms with van der Waals surface area (Å²) >= 11 is 7.48. The zero-order valence-corrected chi connectivity index (χ0v) is 13.1. The summed E-state index contributed by atoms with van der Waals surface area (Å²) in [6.07, 6.45) is 3.99. The third-order valence-electron chi connectivity index (χ3n) is 3.32. The molecule has 4 rings (SSSR count). The maximum atomic E-state index is 6.08. The molecule has 22 heavy (non-hydrogen) atoms. The smallest absolute Gasteiger partial charge is 0.215 e. The van der Waals surface area contributed by atoms with Gasteiger partial charge >= 0.3 is 0 Å². The lowest BCUT2D eigenvalue weighted by molar-refractivity contribution is 0.830. The molecule has 5 nitrogen and oxygen atoms in total. The van der Waals surface area contributed by atoms with E-state index in [0.717, 1.165) is 29.4 Å². The number of aromatic nitrogens is 5. The normalized spacial score (nSPS) is 14.2. The molecule has 3 aromatic rings. The van der Waals surface area contributed by atoms with Gasteiger partial charge in [0.25, 0.3) is 0 Å². The zero-order chi connectivity index (χ0) is 14.9. The molecule has 0 amide bonds. The van der Waals surface area contributed by atoms with Gasteiger partial charge in [0, 0.05) is 12.0 Å². The second kappa shape index (κ2) is 5.70. The fourth-order valence-corrected chi connectivity index (χ4v) is 3.06. The molecule has 0 N–H and O–H groups in total. The van der Waals surface area contributed by atoms with Crippen LogP contribution in [0.25, 0.3) is 5.69 Å². The van der Waals surface area contributed by atoms with Crippen LogP contribution in [-0.2, 0) is 0 Å². The average Bonchev–Trinajstić information content (AvgIpc) is 3.28. The molecule has 1 aliphatic rings. The van der Waals surface area contributed by atoms with E-state index in [0.29, 0.717) is 16.2 Å². The Hall–Kier alpha value is -1.92. The second-order valence-corrected chi connectivity index (χ2v) is 6.45. The van der Waals surface area contributed by atoms with Crippen molar-refractivity contribution in [3.63, 3.8) is 0 Å². The largest absolute Gasteiger partial charge is 0.226 e. The number of halogens is 1. The lowest BCUT2D eigenvalue weighted by atomic mass is 10.3. The fraction of sp³-hybridized carbons (Fsp3) is 0.200. The number of para-hydroxylation sites is 1. The summed E-state index contributed by atoms with van der Waals surface area (Å²) in [6, 6.07) is 11.6. The first-order chi connectivity index (χ1) is 10.8. The highest BCUT2D eigenvalue weighted by atomic mass is 35.5. The molecular weight excluding hydrogens is 318 g/mol. The first kappa shape index (κ1) is 13.7. The molecule has 1 aliphatic carbocycles. The Labute approximate surface area is 136 Å². The fourth-order valence-electron chi connectivity index (χ4n) is 2.08. The standard InChI is InChI=1S/C15H12ClN5S/c16-12-8-13(19-14(18-12)10-6-7-10)22-15-17-9-21(20-15)11-4-2-1-3-5-11/h1-5,8-10H,6-7H2. The van der Waals surface area contributed by atoms with Gasteiger partial charge in [-0.2, -0.15) is 0 Å². The van der Waals surface area contributed by atoms with Crippen LogP contribution in [0.4, 0.5) is 0 Å². The van der Waals surface area contributed by atoms with Crippen LogP contribution in [0.15, 0.2) is 52.9 Å². The van der Waals surface area contributed by atoms with E-state index in [2.05, 4.69) is 20.1 Å². The molecule has 2 heterocycles. The van der Waals surface area contributed by atoms with Crippen LogP contribution in [0.3, 0.4) is 0 Å². The van der Waals surface area contributed by atoms with Crippen molar-refractivity contribution in [3.8, 4) is 5.69 Å². The molecular formula is C15H12ClN5S. The molecule has 0 spiro atoms. The number of nitrogens with zero attached hydrogens (tertiary/aromatic N) is 5. The molecule has 1 aromatic carbocycles. The van der Waals surface area contributed by atoms with Crippen LogP contribution in [0.2, 0.25) is 5.15 Å². The van der Waals surface area contributed by atoms with Gasteiger partial charge in [-0.3, -0.25) is 0 Å². The number of hydrogen-bond donors (Lipinski definition) is 0. The van der Waals surface area contributed by atoms with Crippen molar-refractivity contribution in [2.75, 3.05) is 0 Å². The minimum absolute atomic E-state index is 0.466. The topological polar surface area (TPSA) is 56.5 Å². The lowest BCUT2D eigenvalue weighted by Gasteiger charge is -2.02. The molecule has 0 atom stereocenters. The van der Waals surface area contributed by atoms with Crippen molar-refractivity contribution in [1.82, 2.24) is 24.7 Å². The first-order valence-electron chi connectivity index (χ1n) is 6.97. The third-order valence-corrected chi connectivity index (χ3v) is 4.30. The van der Waals surface area contributed by atoms with E-state index >= 15 is 0 Å².